The van der Waals surface area contributed by atoms with E-state index in [9.17, 15) is 8.42 Å². The third-order valence-electron chi connectivity index (χ3n) is 2.45. The van der Waals surface area contributed by atoms with Crippen LogP contribution in [-0.2, 0) is 10.0 Å². The molecule has 7 heteroatoms. The van der Waals surface area contributed by atoms with Crippen LogP contribution in [0.1, 0.15) is 6.42 Å². The van der Waals surface area contributed by atoms with Gasteiger partial charge in [-0.2, -0.15) is 0 Å². The molecule has 0 bridgehead atoms. The van der Waals surface area contributed by atoms with Crippen molar-refractivity contribution >= 4 is 21.5 Å². The molecule has 0 spiro atoms. The van der Waals surface area contributed by atoms with Gasteiger partial charge < -0.3 is 5.32 Å². The molecule has 0 fully saturated rings. The lowest BCUT2D eigenvalue weighted by Crippen LogP contribution is -2.24. The summed E-state index contributed by atoms with van der Waals surface area (Å²) in [5, 5.41) is 3.25. The van der Waals surface area contributed by atoms with E-state index in [-0.39, 0.29) is 0 Å². The van der Waals surface area contributed by atoms with Crippen molar-refractivity contribution < 1.29 is 8.42 Å². The number of anilines is 1. The molecule has 0 saturated carbocycles. The predicted molar refractivity (Wildman–Crippen MR) is 71.1 cm³/mol. The number of hydrogen-bond acceptors (Lipinski definition) is 4. The van der Waals surface area contributed by atoms with E-state index in [2.05, 4.69) is 15.0 Å². The van der Waals surface area contributed by atoms with Gasteiger partial charge in [-0.25, -0.2) is 18.1 Å². The zero-order chi connectivity index (χ0) is 13.0. The van der Waals surface area contributed by atoms with Crippen molar-refractivity contribution in [1.29, 1.82) is 0 Å². The van der Waals surface area contributed by atoms with E-state index >= 15 is 0 Å². The lowest BCUT2D eigenvalue weighted by atomic mass is 10.4. The van der Waals surface area contributed by atoms with E-state index in [4.69, 9.17) is 0 Å². The second-order valence-electron chi connectivity index (χ2n) is 4.01. The molecule has 0 aromatic carbocycles. The molecule has 6 nitrogen and oxygen atoms in total. The molecule has 18 heavy (non-hydrogen) atoms. The monoisotopic (exact) mass is 268 g/mol. The molecular weight excluding hydrogens is 252 g/mol. The maximum absolute atomic E-state index is 10.9. The van der Waals surface area contributed by atoms with Gasteiger partial charge in [0.05, 0.1) is 6.26 Å². The van der Waals surface area contributed by atoms with Gasteiger partial charge >= 0.3 is 0 Å². The van der Waals surface area contributed by atoms with Crippen LogP contribution in [0.25, 0.3) is 5.65 Å². The summed E-state index contributed by atoms with van der Waals surface area (Å²) in [5.41, 5.74) is 0.884. The molecule has 2 heterocycles. The van der Waals surface area contributed by atoms with Crippen molar-refractivity contribution in [3.8, 4) is 0 Å². The summed E-state index contributed by atoms with van der Waals surface area (Å²) in [7, 11) is -3.09. The molecule has 0 aliphatic carbocycles. The van der Waals surface area contributed by atoms with Crippen LogP contribution < -0.4 is 10.0 Å². The van der Waals surface area contributed by atoms with Gasteiger partial charge in [0.2, 0.25) is 10.0 Å². The molecule has 0 unspecified atom stereocenters. The van der Waals surface area contributed by atoms with Gasteiger partial charge in [0.1, 0.15) is 11.5 Å². The Morgan fingerprint density at radius 3 is 2.94 bits per heavy atom. The van der Waals surface area contributed by atoms with Gasteiger partial charge in [0.15, 0.2) is 0 Å². The molecular formula is C11H16N4O2S. The fraction of sp³-hybridized carbons (Fsp3) is 0.364. The molecule has 0 aliphatic heterocycles. The summed E-state index contributed by atoms with van der Waals surface area (Å²) in [6, 6.07) is 5.81. The summed E-state index contributed by atoms with van der Waals surface area (Å²) in [4.78, 5) is 4.19. The normalized spacial score (nSPS) is 11.8. The number of nitrogens with zero attached hydrogens (tertiary/aromatic N) is 2. The number of rotatable bonds is 6. The third-order valence-corrected chi connectivity index (χ3v) is 3.18. The average Bonchev–Trinajstić information content (AvgIpc) is 2.75. The smallest absolute Gasteiger partial charge is 0.208 e. The number of fused-ring (bicyclic) bond motifs is 1. The summed E-state index contributed by atoms with van der Waals surface area (Å²) in [5.74, 6) is 0.948. The van der Waals surface area contributed by atoms with Crippen molar-refractivity contribution in [2.45, 2.75) is 6.42 Å². The van der Waals surface area contributed by atoms with E-state index in [0.29, 0.717) is 13.1 Å². The Morgan fingerprint density at radius 2 is 2.17 bits per heavy atom. The maximum atomic E-state index is 10.9. The third kappa shape index (κ3) is 3.44. The fourth-order valence-electron chi connectivity index (χ4n) is 1.65. The van der Waals surface area contributed by atoms with Crippen molar-refractivity contribution in [2.24, 2.45) is 0 Å². The second kappa shape index (κ2) is 5.36. The van der Waals surface area contributed by atoms with E-state index < -0.39 is 10.0 Å². The average molecular weight is 268 g/mol. The molecule has 2 rings (SSSR count). The Bertz CT molecular complexity index is 621. The highest BCUT2D eigenvalue weighted by molar-refractivity contribution is 7.88. The summed E-state index contributed by atoms with van der Waals surface area (Å²) in [6.07, 6.45) is 5.50. The van der Waals surface area contributed by atoms with Gasteiger partial charge in [-0.1, -0.05) is 6.07 Å². The van der Waals surface area contributed by atoms with E-state index in [1.807, 2.05) is 28.8 Å². The minimum atomic E-state index is -3.09. The van der Waals surface area contributed by atoms with E-state index in [1.165, 1.54) is 0 Å². The van der Waals surface area contributed by atoms with Crippen LogP contribution in [0.2, 0.25) is 0 Å². The van der Waals surface area contributed by atoms with Crippen molar-refractivity contribution in [1.82, 2.24) is 14.1 Å². The van der Waals surface area contributed by atoms with Gasteiger partial charge in [-0.3, -0.25) is 4.40 Å². The number of pyridine rings is 1. The topological polar surface area (TPSA) is 75.5 Å². The number of aromatic nitrogens is 2. The highest BCUT2D eigenvalue weighted by atomic mass is 32.2. The zero-order valence-electron chi connectivity index (χ0n) is 10.1. The van der Waals surface area contributed by atoms with E-state index in [0.717, 1.165) is 24.1 Å². The Kier molecular flexibility index (Phi) is 3.83. The first-order chi connectivity index (χ1) is 8.56. The lowest BCUT2D eigenvalue weighted by molar-refractivity contribution is 0.586. The van der Waals surface area contributed by atoms with Crippen molar-refractivity contribution in [3.05, 3.63) is 30.6 Å². The predicted octanol–water partition coefficient (Wildman–Crippen LogP) is 0.685. The first-order valence-electron chi connectivity index (χ1n) is 5.67. The Morgan fingerprint density at radius 1 is 1.33 bits per heavy atom. The fourth-order valence-corrected chi connectivity index (χ4v) is 2.17. The molecule has 98 valence electrons. The van der Waals surface area contributed by atoms with Gasteiger partial charge in [0.25, 0.3) is 0 Å². The van der Waals surface area contributed by atoms with Crippen LogP contribution in [0.15, 0.2) is 30.6 Å². The molecule has 2 N–H and O–H groups in total. The molecule has 0 saturated heterocycles. The first kappa shape index (κ1) is 12.8. The summed E-state index contributed by atoms with van der Waals surface area (Å²) < 4.78 is 26.1. The quantitative estimate of drug-likeness (QED) is 0.756. The maximum Gasteiger partial charge on any atom is 0.208 e. The Balaban J connectivity index is 1.85. The van der Waals surface area contributed by atoms with Gasteiger partial charge in [0, 0.05) is 25.5 Å². The first-order valence-corrected chi connectivity index (χ1v) is 7.56. The number of sulfonamides is 1. The minimum absolute atomic E-state index is 0.436. The highest BCUT2D eigenvalue weighted by Crippen LogP contribution is 2.10. The number of imidazole rings is 1. The van der Waals surface area contributed by atoms with Crippen LogP contribution in [0, 0.1) is 0 Å². The van der Waals surface area contributed by atoms with Crippen LogP contribution in [0.3, 0.4) is 0 Å². The molecule has 2 aromatic rings. The largest absolute Gasteiger partial charge is 0.371 e. The van der Waals surface area contributed by atoms with Crippen LogP contribution in [0.5, 0.6) is 0 Å². The summed E-state index contributed by atoms with van der Waals surface area (Å²) in [6.45, 7) is 1.13. The van der Waals surface area contributed by atoms with Crippen LogP contribution in [0.4, 0.5) is 5.82 Å². The van der Waals surface area contributed by atoms with Gasteiger partial charge in [-0.15, -0.1) is 0 Å². The summed E-state index contributed by atoms with van der Waals surface area (Å²) >= 11 is 0. The Labute approximate surface area is 106 Å². The standard InChI is InChI=1S/C11H16N4O2S/c1-18(16,17)14-7-3-6-12-10-4-2-5-11-13-8-9-15(10)11/h2,4-5,8-9,12,14H,3,6-7H2,1H3. The number of nitrogens with one attached hydrogen (secondary N) is 2. The van der Waals surface area contributed by atoms with Crippen molar-refractivity contribution in [3.63, 3.8) is 0 Å². The van der Waals surface area contributed by atoms with Crippen LogP contribution >= 0.6 is 0 Å². The molecule has 0 amide bonds. The lowest BCUT2D eigenvalue weighted by Gasteiger charge is -2.08. The van der Waals surface area contributed by atoms with Crippen LogP contribution in [-0.4, -0.2) is 37.1 Å². The Hall–Kier alpha value is -1.60. The highest BCUT2D eigenvalue weighted by Gasteiger charge is 2.01. The SMILES string of the molecule is CS(=O)(=O)NCCCNc1cccc2nccn12. The van der Waals surface area contributed by atoms with Crippen molar-refractivity contribution in [2.75, 3.05) is 24.7 Å². The second-order valence-corrected chi connectivity index (χ2v) is 5.85. The zero-order valence-corrected chi connectivity index (χ0v) is 10.9. The molecule has 0 radical (unpaired) electrons. The molecule has 0 aliphatic rings. The van der Waals surface area contributed by atoms with Gasteiger partial charge in [-0.05, 0) is 18.6 Å². The molecule has 2 aromatic heterocycles. The number of hydrogen-bond donors (Lipinski definition) is 2. The minimum Gasteiger partial charge on any atom is -0.371 e. The molecule has 0 atom stereocenters. The van der Waals surface area contributed by atoms with E-state index in [1.54, 1.807) is 6.20 Å².